The Balaban J connectivity index is 1.46. The van der Waals surface area contributed by atoms with Crippen molar-refractivity contribution in [1.29, 1.82) is 0 Å². The number of carbonyl (C=O) groups excluding carboxylic acids is 1. The lowest BCUT2D eigenvalue weighted by atomic mass is 10.2. The lowest BCUT2D eigenvalue weighted by Gasteiger charge is -2.09. The fourth-order valence-electron chi connectivity index (χ4n) is 3.07. The minimum atomic E-state index is -0.258. The lowest BCUT2D eigenvalue weighted by Crippen LogP contribution is -2.20. The number of ether oxygens (including phenoxy) is 1. The van der Waals surface area contributed by atoms with E-state index in [2.05, 4.69) is 15.3 Å². The van der Waals surface area contributed by atoms with Crippen molar-refractivity contribution in [2.24, 2.45) is 0 Å². The first-order valence-corrected chi connectivity index (χ1v) is 10.1. The molecule has 2 N–H and O–H groups in total. The minimum absolute atomic E-state index is 0.103. The molecule has 0 unspecified atom stereocenters. The minimum Gasteiger partial charge on any atom is -0.484 e. The normalized spacial score (nSPS) is 10.9. The molecule has 7 heteroatoms. The van der Waals surface area contributed by atoms with Crippen LogP contribution in [0.4, 0.5) is 5.69 Å². The van der Waals surface area contributed by atoms with Crippen LogP contribution in [0.2, 0.25) is 10.0 Å². The number of aromatic nitrogens is 2. The van der Waals surface area contributed by atoms with Gasteiger partial charge in [-0.1, -0.05) is 35.3 Å². The summed E-state index contributed by atoms with van der Waals surface area (Å²) in [6.45, 7) is 3.73. The Morgan fingerprint density at radius 2 is 1.83 bits per heavy atom. The zero-order valence-corrected chi connectivity index (χ0v) is 17.9. The predicted molar refractivity (Wildman–Crippen MR) is 122 cm³/mol. The smallest absolute Gasteiger partial charge is 0.262 e. The van der Waals surface area contributed by atoms with E-state index in [9.17, 15) is 4.79 Å². The summed E-state index contributed by atoms with van der Waals surface area (Å²) in [6.07, 6.45) is 0. The van der Waals surface area contributed by atoms with Gasteiger partial charge in [0.2, 0.25) is 0 Å². The Morgan fingerprint density at radius 3 is 2.63 bits per heavy atom. The van der Waals surface area contributed by atoms with Crippen LogP contribution in [0.15, 0.2) is 54.6 Å². The fourth-order valence-corrected chi connectivity index (χ4v) is 3.35. The number of H-pyrrole nitrogens is 1. The third-order valence-electron chi connectivity index (χ3n) is 4.68. The van der Waals surface area contributed by atoms with Gasteiger partial charge in [-0.25, -0.2) is 4.98 Å². The zero-order chi connectivity index (χ0) is 21.3. The first kappa shape index (κ1) is 20.3. The molecule has 4 rings (SSSR count). The maximum absolute atomic E-state index is 12.3. The van der Waals surface area contributed by atoms with E-state index in [0.717, 1.165) is 27.7 Å². The number of nitrogens with zero attached hydrogens (tertiary/aromatic N) is 1. The Kier molecular flexibility index (Phi) is 5.66. The average molecular weight is 440 g/mol. The van der Waals surface area contributed by atoms with E-state index in [1.54, 1.807) is 18.2 Å². The number of anilines is 1. The van der Waals surface area contributed by atoms with Crippen molar-refractivity contribution < 1.29 is 9.53 Å². The van der Waals surface area contributed by atoms with Gasteiger partial charge in [0.15, 0.2) is 6.61 Å². The topological polar surface area (TPSA) is 67.0 Å². The highest BCUT2D eigenvalue weighted by molar-refractivity contribution is 6.32. The second kappa shape index (κ2) is 8.38. The van der Waals surface area contributed by atoms with E-state index < -0.39 is 0 Å². The van der Waals surface area contributed by atoms with Crippen molar-refractivity contribution in [3.63, 3.8) is 0 Å². The van der Waals surface area contributed by atoms with Gasteiger partial charge in [-0.05, 0) is 67.4 Å². The maximum atomic E-state index is 12.3. The highest BCUT2D eigenvalue weighted by Crippen LogP contribution is 2.27. The molecule has 0 radical (unpaired) electrons. The van der Waals surface area contributed by atoms with Crippen LogP contribution in [0.5, 0.6) is 5.75 Å². The summed E-state index contributed by atoms with van der Waals surface area (Å²) >= 11 is 12.2. The van der Waals surface area contributed by atoms with Gasteiger partial charge < -0.3 is 15.0 Å². The molecule has 1 aromatic heterocycles. The summed E-state index contributed by atoms with van der Waals surface area (Å²) in [4.78, 5) is 20.2. The highest BCUT2D eigenvalue weighted by Gasteiger charge is 2.10. The van der Waals surface area contributed by atoms with Crippen molar-refractivity contribution in [2.75, 3.05) is 11.9 Å². The Morgan fingerprint density at radius 1 is 1.03 bits per heavy atom. The molecule has 0 aliphatic carbocycles. The number of halogens is 2. The monoisotopic (exact) mass is 439 g/mol. The average Bonchev–Trinajstić information content (AvgIpc) is 3.12. The van der Waals surface area contributed by atoms with Crippen LogP contribution in [0.25, 0.3) is 22.4 Å². The van der Waals surface area contributed by atoms with Crippen molar-refractivity contribution in [3.05, 3.63) is 75.8 Å². The molecule has 0 aliphatic rings. The summed E-state index contributed by atoms with van der Waals surface area (Å²) in [6, 6.07) is 16.5. The van der Waals surface area contributed by atoms with E-state index in [-0.39, 0.29) is 12.5 Å². The van der Waals surface area contributed by atoms with E-state index in [1.165, 1.54) is 0 Å². The van der Waals surface area contributed by atoms with Crippen LogP contribution < -0.4 is 10.1 Å². The van der Waals surface area contributed by atoms with Gasteiger partial charge in [0, 0.05) is 21.3 Å². The molecule has 0 saturated heterocycles. The number of amides is 1. The number of nitrogens with one attached hydrogen (secondary N) is 2. The summed E-state index contributed by atoms with van der Waals surface area (Å²) < 4.78 is 5.55. The second-order valence-electron chi connectivity index (χ2n) is 7.03. The summed E-state index contributed by atoms with van der Waals surface area (Å²) in [5.41, 5.74) is 5.09. The van der Waals surface area contributed by atoms with Gasteiger partial charge in [0.1, 0.15) is 11.6 Å². The molecule has 5 nitrogen and oxygen atoms in total. The molecule has 0 bridgehead atoms. The molecule has 0 spiro atoms. The molecule has 3 aromatic carbocycles. The number of benzene rings is 3. The quantitative estimate of drug-likeness (QED) is 0.390. The number of fused-ring (bicyclic) bond motifs is 1. The Hall–Kier alpha value is -3.02. The Labute approximate surface area is 184 Å². The predicted octanol–water partition coefficient (Wildman–Crippen LogP) is 6.17. The summed E-state index contributed by atoms with van der Waals surface area (Å²) in [5.74, 6) is 1.04. The fraction of sp³-hybridized carbons (Fsp3) is 0.130. The molecule has 0 fully saturated rings. The number of hydrogen-bond donors (Lipinski definition) is 2. The molecule has 0 saturated carbocycles. The second-order valence-corrected chi connectivity index (χ2v) is 7.85. The Bertz CT molecular complexity index is 1210. The van der Waals surface area contributed by atoms with Crippen molar-refractivity contribution in [1.82, 2.24) is 9.97 Å². The highest BCUT2D eigenvalue weighted by atomic mass is 35.5. The van der Waals surface area contributed by atoms with Gasteiger partial charge in [-0.3, -0.25) is 4.79 Å². The first-order valence-electron chi connectivity index (χ1n) is 9.34. The van der Waals surface area contributed by atoms with E-state index in [1.807, 2.05) is 50.2 Å². The van der Waals surface area contributed by atoms with E-state index in [4.69, 9.17) is 27.9 Å². The van der Waals surface area contributed by atoms with E-state index >= 15 is 0 Å². The van der Waals surface area contributed by atoms with Crippen LogP contribution >= 0.6 is 23.2 Å². The zero-order valence-electron chi connectivity index (χ0n) is 16.4. The molecular formula is C23H19Cl2N3O2. The third-order valence-corrected chi connectivity index (χ3v) is 5.51. The van der Waals surface area contributed by atoms with Crippen molar-refractivity contribution in [3.8, 4) is 17.1 Å². The van der Waals surface area contributed by atoms with Crippen molar-refractivity contribution >= 4 is 45.8 Å². The SMILES string of the molecule is Cc1cc(OCC(=O)Nc2cccc(-c3nc4cc(Cl)c(C)cc4[nH]3)c2)ccc1Cl. The molecule has 152 valence electrons. The summed E-state index contributed by atoms with van der Waals surface area (Å²) in [5, 5.41) is 4.18. The van der Waals surface area contributed by atoms with E-state index in [0.29, 0.717) is 27.3 Å². The van der Waals surface area contributed by atoms with Gasteiger partial charge in [0.25, 0.3) is 5.91 Å². The number of imidazole rings is 1. The summed E-state index contributed by atoms with van der Waals surface area (Å²) in [7, 11) is 0. The van der Waals surface area contributed by atoms with Gasteiger partial charge in [-0.15, -0.1) is 0 Å². The number of aromatic amines is 1. The molecule has 1 heterocycles. The molecule has 30 heavy (non-hydrogen) atoms. The van der Waals surface area contributed by atoms with Crippen LogP contribution in [0, 0.1) is 13.8 Å². The molecular weight excluding hydrogens is 421 g/mol. The van der Waals surface area contributed by atoms with Gasteiger partial charge in [0.05, 0.1) is 11.0 Å². The van der Waals surface area contributed by atoms with Gasteiger partial charge in [-0.2, -0.15) is 0 Å². The van der Waals surface area contributed by atoms with Crippen LogP contribution in [0.1, 0.15) is 11.1 Å². The van der Waals surface area contributed by atoms with Crippen LogP contribution in [-0.2, 0) is 4.79 Å². The standard InChI is InChI=1S/C23H19Cl2N3O2/c1-13-8-17(6-7-18(13)24)30-12-22(29)26-16-5-3-4-15(10-16)23-27-20-9-14(2)19(25)11-21(20)28-23/h3-11H,12H2,1-2H3,(H,26,29)(H,27,28). The van der Waals surface area contributed by atoms with Gasteiger partial charge >= 0.3 is 0 Å². The molecule has 1 amide bonds. The lowest BCUT2D eigenvalue weighted by molar-refractivity contribution is -0.118. The first-order chi connectivity index (χ1) is 14.4. The van der Waals surface area contributed by atoms with Crippen LogP contribution in [0.3, 0.4) is 0 Å². The number of aryl methyl sites for hydroxylation is 2. The number of carbonyl (C=O) groups is 1. The maximum Gasteiger partial charge on any atom is 0.262 e. The molecule has 4 aromatic rings. The molecule has 0 aliphatic heterocycles. The third kappa shape index (κ3) is 4.42. The molecule has 0 atom stereocenters. The number of rotatable bonds is 5. The van der Waals surface area contributed by atoms with Crippen LogP contribution in [-0.4, -0.2) is 22.5 Å². The largest absolute Gasteiger partial charge is 0.484 e. The number of hydrogen-bond acceptors (Lipinski definition) is 3. The van der Waals surface area contributed by atoms with Crippen molar-refractivity contribution in [2.45, 2.75) is 13.8 Å².